The Labute approximate surface area is 82.7 Å². The fourth-order valence-electron chi connectivity index (χ4n) is 1.94. The van der Waals surface area contributed by atoms with Crippen molar-refractivity contribution in [3.8, 4) is 0 Å². The highest BCUT2D eigenvalue weighted by molar-refractivity contribution is 5.83. The van der Waals surface area contributed by atoms with Gasteiger partial charge in [-0.15, -0.1) is 0 Å². The highest BCUT2D eigenvalue weighted by atomic mass is 15.5. The molecule has 14 heavy (non-hydrogen) atoms. The SMILES string of the molecule is c1ccc2[nH]c(N3CCCN3)cc2c1. The standard InChI is InChI=1S/C11H13N3/c1-2-5-10-9(4-1)8-11(13-10)14-7-3-6-12-14/h1-2,4-5,8,12-13H,3,6-7H2. The minimum atomic E-state index is 1.08. The molecule has 0 saturated carbocycles. The Balaban J connectivity index is 2.05. The summed E-state index contributed by atoms with van der Waals surface area (Å²) in [6.45, 7) is 2.17. The molecule has 1 aromatic carbocycles. The van der Waals surface area contributed by atoms with Gasteiger partial charge in [-0.25, -0.2) is 5.43 Å². The number of hydrogen-bond donors (Lipinski definition) is 2. The number of nitrogens with zero attached hydrogens (tertiary/aromatic N) is 1. The average molecular weight is 187 g/mol. The summed E-state index contributed by atoms with van der Waals surface area (Å²) < 4.78 is 0. The van der Waals surface area contributed by atoms with Gasteiger partial charge < -0.3 is 4.98 Å². The summed E-state index contributed by atoms with van der Waals surface area (Å²) in [6, 6.07) is 10.5. The topological polar surface area (TPSA) is 31.1 Å². The third-order valence-electron chi connectivity index (χ3n) is 2.67. The summed E-state index contributed by atoms with van der Waals surface area (Å²) >= 11 is 0. The zero-order chi connectivity index (χ0) is 9.38. The molecule has 2 aromatic rings. The molecule has 0 unspecified atom stereocenters. The van der Waals surface area contributed by atoms with Crippen molar-refractivity contribution >= 4 is 16.7 Å². The van der Waals surface area contributed by atoms with Crippen LogP contribution in [0.4, 0.5) is 5.82 Å². The lowest BCUT2D eigenvalue weighted by Crippen LogP contribution is -2.30. The monoisotopic (exact) mass is 187 g/mol. The van der Waals surface area contributed by atoms with Crippen LogP contribution in [0, 0.1) is 0 Å². The van der Waals surface area contributed by atoms with Gasteiger partial charge in [-0.05, 0) is 18.6 Å². The molecular formula is C11H13N3. The van der Waals surface area contributed by atoms with Gasteiger partial charge in [0.05, 0.1) is 0 Å². The molecule has 3 nitrogen and oxygen atoms in total. The Bertz CT molecular complexity index is 407. The molecule has 3 heteroatoms. The van der Waals surface area contributed by atoms with Gasteiger partial charge in [0.15, 0.2) is 0 Å². The lowest BCUT2D eigenvalue weighted by molar-refractivity contribution is 0.778. The largest absolute Gasteiger partial charge is 0.340 e. The van der Waals surface area contributed by atoms with Crippen molar-refractivity contribution < 1.29 is 0 Å². The molecule has 72 valence electrons. The molecule has 0 atom stereocenters. The summed E-state index contributed by atoms with van der Waals surface area (Å²) in [5.41, 5.74) is 4.54. The highest BCUT2D eigenvalue weighted by Crippen LogP contribution is 2.21. The number of anilines is 1. The number of aromatic amines is 1. The molecule has 1 aliphatic rings. The van der Waals surface area contributed by atoms with Crippen LogP contribution >= 0.6 is 0 Å². The first kappa shape index (κ1) is 7.88. The molecule has 0 bridgehead atoms. The number of fused-ring (bicyclic) bond motifs is 1. The van der Waals surface area contributed by atoms with Crippen LogP contribution in [0.15, 0.2) is 30.3 Å². The molecule has 1 fully saturated rings. The van der Waals surface area contributed by atoms with Crippen LogP contribution in [-0.2, 0) is 0 Å². The van der Waals surface area contributed by atoms with E-state index < -0.39 is 0 Å². The molecule has 1 aliphatic heterocycles. The van der Waals surface area contributed by atoms with E-state index in [0.717, 1.165) is 13.1 Å². The predicted molar refractivity (Wildman–Crippen MR) is 58.3 cm³/mol. The fourth-order valence-corrected chi connectivity index (χ4v) is 1.94. The van der Waals surface area contributed by atoms with Crippen LogP contribution in [0.25, 0.3) is 10.9 Å². The number of para-hydroxylation sites is 1. The number of hydrogen-bond acceptors (Lipinski definition) is 2. The number of nitrogens with one attached hydrogen (secondary N) is 2. The molecule has 2 heterocycles. The minimum absolute atomic E-state index is 1.08. The summed E-state index contributed by atoms with van der Waals surface area (Å²) in [4.78, 5) is 3.40. The van der Waals surface area contributed by atoms with Crippen LogP contribution in [0.5, 0.6) is 0 Å². The maximum absolute atomic E-state index is 3.40. The first-order chi connectivity index (χ1) is 6.93. The second-order valence-electron chi connectivity index (χ2n) is 3.66. The van der Waals surface area contributed by atoms with Gasteiger partial charge in [0, 0.05) is 24.0 Å². The molecule has 0 radical (unpaired) electrons. The number of rotatable bonds is 1. The second-order valence-corrected chi connectivity index (χ2v) is 3.66. The number of H-pyrrole nitrogens is 1. The van der Waals surface area contributed by atoms with Crippen molar-refractivity contribution in [1.82, 2.24) is 10.4 Å². The van der Waals surface area contributed by atoms with Gasteiger partial charge in [-0.3, -0.25) is 5.01 Å². The van der Waals surface area contributed by atoms with Gasteiger partial charge in [0.2, 0.25) is 0 Å². The van der Waals surface area contributed by atoms with Gasteiger partial charge in [0.25, 0.3) is 0 Å². The maximum atomic E-state index is 3.40. The number of hydrazine groups is 1. The smallest absolute Gasteiger partial charge is 0.121 e. The second kappa shape index (κ2) is 3.03. The zero-order valence-electron chi connectivity index (χ0n) is 7.96. The van der Waals surface area contributed by atoms with Gasteiger partial charge in [-0.1, -0.05) is 18.2 Å². The quantitative estimate of drug-likeness (QED) is 0.714. The van der Waals surface area contributed by atoms with Crippen molar-refractivity contribution in [1.29, 1.82) is 0 Å². The van der Waals surface area contributed by atoms with E-state index in [1.165, 1.54) is 23.1 Å². The molecule has 0 spiro atoms. The molecule has 3 rings (SSSR count). The molecule has 1 aromatic heterocycles. The summed E-state index contributed by atoms with van der Waals surface area (Å²) in [5, 5.41) is 3.45. The van der Waals surface area contributed by atoms with Crippen molar-refractivity contribution in [2.45, 2.75) is 6.42 Å². The van der Waals surface area contributed by atoms with E-state index in [-0.39, 0.29) is 0 Å². The zero-order valence-corrected chi connectivity index (χ0v) is 7.96. The molecule has 0 amide bonds. The molecule has 1 saturated heterocycles. The predicted octanol–water partition coefficient (Wildman–Crippen LogP) is 1.88. The van der Waals surface area contributed by atoms with Gasteiger partial charge >= 0.3 is 0 Å². The third-order valence-corrected chi connectivity index (χ3v) is 2.67. The van der Waals surface area contributed by atoms with E-state index in [4.69, 9.17) is 0 Å². The van der Waals surface area contributed by atoms with Crippen LogP contribution in [0.2, 0.25) is 0 Å². The normalized spacial score (nSPS) is 16.7. The van der Waals surface area contributed by atoms with E-state index in [0.29, 0.717) is 0 Å². The Kier molecular flexibility index (Phi) is 1.70. The lowest BCUT2D eigenvalue weighted by atomic mass is 10.2. The van der Waals surface area contributed by atoms with E-state index in [9.17, 15) is 0 Å². The summed E-state index contributed by atoms with van der Waals surface area (Å²) in [7, 11) is 0. The van der Waals surface area contributed by atoms with Crippen molar-refractivity contribution in [2.75, 3.05) is 18.1 Å². The molecule has 0 aliphatic carbocycles. The average Bonchev–Trinajstić information content (AvgIpc) is 2.86. The first-order valence-electron chi connectivity index (χ1n) is 5.02. The van der Waals surface area contributed by atoms with Crippen molar-refractivity contribution in [3.05, 3.63) is 30.3 Å². The van der Waals surface area contributed by atoms with Crippen molar-refractivity contribution in [2.24, 2.45) is 0 Å². The Morgan fingerprint density at radius 1 is 1.21 bits per heavy atom. The summed E-state index contributed by atoms with van der Waals surface area (Å²) in [5.74, 6) is 1.17. The third kappa shape index (κ3) is 1.17. The van der Waals surface area contributed by atoms with E-state index in [2.05, 4.69) is 45.8 Å². The number of aromatic nitrogens is 1. The van der Waals surface area contributed by atoms with Crippen LogP contribution in [-0.4, -0.2) is 18.1 Å². The Hall–Kier alpha value is -1.48. The van der Waals surface area contributed by atoms with Crippen LogP contribution in [0.1, 0.15) is 6.42 Å². The van der Waals surface area contributed by atoms with E-state index >= 15 is 0 Å². The van der Waals surface area contributed by atoms with Gasteiger partial charge in [-0.2, -0.15) is 0 Å². The lowest BCUT2D eigenvalue weighted by Gasteiger charge is -2.14. The highest BCUT2D eigenvalue weighted by Gasteiger charge is 2.13. The Morgan fingerprint density at radius 3 is 2.93 bits per heavy atom. The minimum Gasteiger partial charge on any atom is -0.340 e. The van der Waals surface area contributed by atoms with Gasteiger partial charge in [0.1, 0.15) is 5.82 Å². The Morgan fingerprint density at radius 2 is 2.14 bits per heavy atom. The summed E-state index contributed by atoms with van der Waals surface area (Å²) in [6.07, 6.45) is 1.22. The number of benzene rings is 1. The van der Waals surface area contributed by atoms with Crippen molar-refractivity contribution in [3.63, 3.8) is 0 Å². The molecular weight excluding hydrogens is 174 g/mol. The van der Waals surface area contributed by atoms with Crippen LogP contribution < -0.4 is 10.4 Å². The maximum Gasteiger partial charge on any atom is 0.121 e. The van der Waals surface area contributed by atoms with Crippen LogP contribution in [0.3, 0.4) is 0 Å². The fraction of sp³-hybridized carbons (Fsp3) is 0.273. The first-order valence-corrected chi connectivity index (χ1v) is 5.02. The van der Waals surface area contributed by atoms with E-state index in [1.54, 1.807) is 0 Å². The molecule has 2 N–H and O–H groups in total. The van der Waals surface area contributed by atoms with E-state index in [1.807, 2.05) is 0 Å².